The highest BCUT2D eigenvalue weighted by Crippen LogP contribution is 2.18. The number of ether oxygens (including phenoxy) is 2. The minimum atomic E-state index is -0.127. The van der Waals surface area contributed by atoms with Crippen molar-refractivity contribution in [1.82, 2.24) is 20.0 Å². The number of nitrogens with one attached hydrogen (secondary N) is 1. The number of carbonyl (C=O) groups excluding carboxylic acids is 1. The summed E-state index contributed by atoms with van der Waals surface area (Å²) >= 11 is 0. The fraction of sp³-hybridized carbons (Fsp3) is 0.692. The molecule has 0 unspecified atom stereocenters. The molecule has 1 N–H and O–H groups in total. The van der Waals surface area contributed by atoms with Crippen molar-refractivity contribution in [3.63, 3.8) is 0 Å². The van der Waals surface area contributed by atoms with Crippen molar-refractivity contribution in [3.05, 3.63) is 11.8 Å². The Labute approximate surface area is 117 Å². The van der Waals surface area contributed by atoms with Crippen LogP contribution in [-0.2, 0) is 11.3 Å². The van der Waals surface area contributed by atoms with Crippen molar-refractivity contribution < 1.29 is 14.3 Å². The highest BCUT2D eigenvalue weighted by molar-refractivity contribution is 5.92. The second-order valence-corrected chi connectivity index (χ2v) is 5.00. The quantitative estimate of drug-likeness (QED) is 0.752. The maximum absolute atomic E-state index is 11.9. The van der Waals surface area contributed by atoms with E-state index in [0.29, 0.717) is 24.7 Å². The van der Waals surface area contributed by atoms with E-state index in [4.69, 9.17) is 9.47 Å². The molecule has 2 aliphatic rings. The lowest BCUT2D eigenvalue weighted by Gasteiger charge is -2.26. The van der Waals surface area contributed by atoms with Crippen LogP contribution in [0.3, 0.4) is 0 Å². The third kappa shape index (κ3) is 3.10. The molecule has 0 saturated carbocycles. The van der Waals surface area contributed by atoms with Gasteiger partial charge < -0.3 is 14.8 Å². The lowest BCUT2D eigenvalue weighted by Crippen LogP contribution is -2.38. The minimum Gasteiger partial charge on any atom is -0.476 e. The van der Waals surface area contributed by atoms with Gasteiger partial charge in [0, 0.05) is 25.7 Å². The molecule has 1 saturated heterocycles. The summed E-state index contributed by atoms with van der Waals surface area (Å²) in [4.78, 5) is 14.3. The summed E-state index contributed by atoms with van der Waals surface area (Å²) < 4.78 is 12.4. The number of hydrogen-bond donors (Lipinski definition) is 1. The van der Waals surface area contributed by atoms with Crippen molar-refractivity contribution >= 4 is 5.91 Å². The van der Waals surface area contributed by atoms with Gasteiger partial charge in [0.2, 0.25) is 5.88 Å². The summed E-state index contributed by atoms with van der Waals surface area (Å²) in [7, 11) is 0. The molecule has 7 nitrogen and oxygen atoms in total. The number of rotatable bonds is 5. The molecule has 7 heteroatoms. The van der Waals surface area contributed by atoms with Crippen molar-refractivity contribution in [1.29, 1.82) is 0 Å². The first-order valence-corrected chi connectivity index (χ1v) is 7.12. The lowest BCUT2D eigenvalue weighted by molar-refractivity contribution is 0.0374. The largest absolute Gasteiger partial charge is 0.476 e. The molecule has 0 bridgehead atoms. The predicted octanol–water partition coefficient (Wildman–Crippen LogP) is -0.272. The van der Waals surface area contributed by atoms with Crippen LogP contribution in [0.15, 0.2) is 6.07 Å². The zero-order valence-electron chi connectivity index (χ0n) is 11.5. The third-order valence-electron chi connectivity index (χ3n) is 3.57. The van der Waals surface area contributed by atoms with E-state index < -0.39 is 0 Å². The molecule has 1 aromatic heterocycles. The average Bonchev–Trinajstić information content (AvgIpc) is 3.05. The predicted molar refractivity (Wildman–Crippen MR) is 71.9 cm³/mol. The van der Waals surface area contributed by atoms with Crippen LogP contribution >= 0.6 is 0 Å². The lowest BCUT2D eigenvalue weighted by atomic mass is 10.3. The number of fused-ring (bicyclic) bond motifs is 1. The Hall–Kier alpha value is -1.60. The SMILES string of the molecule is O=C(NCCCN1CCOCC1)c1cc2n(n1)CCO2. The summed E-state index contributed by atoms with van der Waals surface area (Å²) in [5.41, 5.74) is 0.436. The van der Waals surface area contributed by atoms with Gasteiger partial charge >= 0.3 is 0 Å². The second-order valence-electron chi connectivity index (χ2n) is 5.00. The maximum atomic E-state index is 11.9. The number of hydrogen-bond acceptors (Lipinski definition) is 5. The summed E-state index contributed by atoms with van der Waals surface area (Å²) in [5, 5.41) is 7.11. The number of nitrogens with zero attached hydrogens (tertiary/aromatic N) is 3. The van der Waals surface area contributed by atoms with Crippen molar-refractivity contribution in [2.24, 2.45) is 0 Å². The van der Waals surface area contributed by atoms with Gasteiger partial charge in [-0.05, 0) is 13.0 Å². The Morgan fingerprint density at radius 1 is 1.30 bits per heavy atom. The fourth-order valence-corrected chi connectivity index (χ4v) is 2.44. The smallest absolute Gasteiger partial charge is 0.271 e. The zero-order valence-corrected chi connectivity index (χ0v) is 11.5. The summed E-state index contributed by atoms with van der Waals surface area (Å²) in [5.74, 6) is 0.556. The second kappa shape index (κ2) is 6.23. The van der Waals surface area contributed by atoms with Crippen LogP contribution in [0, 0.1) is 0 Å². The topological polar surface area (TPSA) is 68.6 Å². The van der Waals surface area contributed by atoms with Crippen LogP contribution in [-0.4, -0.2) is 66.6 Å². The van der Waals surface area contributed by atoms with E-state index in [1.807, 2.05) is 0 Å². The summed E-state index contributed by atoms with van der Waals surface area (Å²) in [6.07, 6.45) is 0.940. The minimum absolute atomic E-state index is 0.127. The molecule has 3 heterocycles. The number of amides is 1. The summed E-state index contributed by atoms with van der Waals surface area (Å²) in [6, 6.07) is 1.70. The van der Waals surface area contributed by atoms with E-state index >= 15 is 0 Å². The summed E-state index contributed by atoms with van der Waals surface area (Å²) in [6.45, 7) is 6.62. The molecule has 3 rings (SSSR count). The molecular formula is C13H20N4O3. The molecule has 1 aromatic rings. The monoisotopic (exact) mass is 280 g/mol. The molecule has 1 fully saturated rings. The molecule has 20 heavy (non-hydrogen) atoms. The van der Waals surface area contributed by atoms with Crippen molar-refractivity contribution in [2.45, 2.75) is 13.0 Å². The van der Waals surface area contributed by atoms with E-state index in [1.54, 1.807) is 10.7 Å². The van der Waals surface area contributed by atoms with Crippen molar-refractivity contribution in [3.8, 4) is 5.88 Å². The van der Waals surface area contributed by atoms with Crippen LogP contribution in [0.1, 0.15) is 16.9 Å². The van der Waals surface area contributed by atoms with Gasteiger partial charge in [0.25, 0.3) is 5.91 Å². The van der Waals surface area contributed by atoms with Crippen LogP contribution in [0.4, 0.5) is 0 Å². The molecule has 0 spiro atoms. The highest BCUT2D eigenvalue weighted by atomic mass is 16.5. The van der Waals surface area contributed by atoms with E-state index in [9.17, 15) is 4.79 Å². The molecule has 0 atom stereocenters. The van der Waals surface area contributed by atoms with E-state index in [-0.39, 0.29) is 5.91 Å². The Morgan fingerprint density at radius 2 is 2.15 bits per heavy atom. The van der Waals surface area contributed by atoms with Gasteiger partial charge in [0.05, 0.1) is 19.8 Å². The number of aromatic nitrogens is 2. The van der Waals surface area contributed by atoms with E-state index in [2.05, 4.69) is 15.3 Å². The van der Waals surface area contributed by atoms with Gasteiger partial charge in [0.15, 0.2) is 5.69 Å². The molecule has 0 aliphatic carbocycles. The van der Waals surface area contributed by atoms with Crippen LogP contribution in [0.2, 0.25) is 0 Å². The van der Waals surface area contributed by atoms with Gasteiger partial charge in [0.1, 0.15) is 6.61 Å². The van der Waals surface area contributed by atoms with Crippen LogP contribution < -0.4 is 10.1 Å². The fourth-order valence-electron chi connectivity index (χ4n) is 2.44. The Balaban J connectivity index is 1.38. The molecule has 0 aromatic carbocycles. The molecule has 1 amide bonds. The Morgan fingerprint density at radius 3 is 2.95 bits per heavy atom. The molecule has 0 radical (unpaired) electrons. The van der Waals surface area contributed by atoms with Gasteiger partial charge in [-0.25, -0.2) is 4.68 Å². The Kier molecular flexibility index (Phi) is 4.17. The van der Waals surface area contributed by atoms with Gasteiger partial charge in [-0.15, -0.1) is 0 Å². The third-order valence-corrected chi connectivity index (χ3v) is 3.57. The normalized spacial score (nSPS) is 18.6. The maximum Gasteiger partial charge on any atom is 0.271 e. The number of morpholine rings is 1. The van der Waals surface area contributed by atoms with Gasteiger partial charge in [-0.2, -0.15) is 5.10 Å². The first kappa shape index (κ1) is 13.4. The molecular weight excluding hydrogens is 260 g/mol. The van der Waals surface area contributed by atoms with Gasteiger partial charge in [-0.3, -0.25) is 9.69 Å². The standard InChI is InChI=1S/C13H20N4O3/c18-13(11-10-12-17(15-11)6-9-20-12)14-2-1-3-16-4-7-19-8-5-16/h10H,1-9H2,(H,14,18). The van der Waals surface area contributed by atoms with E-state index in [1.165, 1.54) is 0 Å². The molecule has 2 aliphatic heterocycles. The molecule has 110 valence electrons. The highest BCUT2D eigenvalue weighted by Gasteiger charge is 2.18. The Bertz CT molecular complexity index is 447. The van der Waals surface area contributed by atoms with Gasteiger partial charge in [-0.1, -0.05) is 0 Å². The first-order chi connectivity index (χ1) is 9.83. The number of carbonyl (C=O) groups is 1. The van der Waals surface area contributed by atoms with E-state index in [0.717, 1.165) is 45.8 Å². The van der Waals surface area contributed by atoms with Crippen LogP contribution in [0.5, 0.6) is 5.88 Å². The first-order valence-electron chi connectivity index (χ1n) is 7.12. The van der Waals surface area contributed by atoms with Crippen LogP contribution in [0.25, 0.3) is 0 Å². The average molecular weight is 280 g/mol. The van der Waals surface area contributed by atoms with Crippen molar-refractivity contribution in [2.75, 3.05) is 46.0 Å². The zero-order chi connectivity index (χ0) is 13.8.